The standard InChI is InChI=1S/C15H15FO/c1-11-5-3-4-6-13(11)10-17-14-7-8-15(16)12(2)9-14/h3-9H,10H2,1-2H3. The van der Waals surface area contributed by atoms with E-state index in [2.05, 4.69) is 13.0 Å². The lowest BCUT2D eigenvalue weighted by atomic mass is 10.1. The summed E-state index contributed by atoms with van der Waals surface area (Å²) in [5, 5.41) is 0. The second-order valence-corrected chi connectivity index (χ2v) is 4.13. The maximum absolute atomic E-state index is 13.1. The number of ether oxygens (including phenoxy) is 1. The molecule has 2 heteroatoms. The first-order chi connectivity index (χ1) is 8.16. The highest BCUT2D eigenvalue weighted by Crippen LogP contribution is 2.18. The highest BCUT2D eigenvalue weighted by Gasteiger charge is 2.01. The Balaban J connectivity index is 2.08. The highest BCUT2D eigenvalue weighted by atomic mass is 19.1. The van der Waals surface area contributed by atoms with Crippen LogP contribution in [0.1, 0.15) is 16.7 Å². The predicted octanol–water partition coefficient (Wildman–Crippen LogP) is 4.02. The molecule has 0 radical (unpaired) electrons. The molecule has 88 valence electrons. The van der Waals surface area contributed by atoms with Crippen molar-refractivity contribution in [3.8, 4) is 5.75 Å². The molecule has 0 amide bonds. The van der Waals surface area contributed by atoms with Crippen molar-refractivity contribution in [3.05, 3.63) is 65.0 Å². The summed E-state index contributed by atoms with van der Waals surface area (Å²) in [5.41, 5.74) is 2.95. The minimum Gasteiger partial charge on any atom is -0.489 e. The third-order valence-corrected chi connectivity index (χ3v) is 2.79. The van der Waals surface area contributed by atoms with E-state index in [-0.39, 0.29) is 5.82 Å². The van der Waals surface area contributed by atoms with Crippen molar-refractivity contribution < 1.29 is 9.13 Å². The van der Waals surface area contributed by atoms with Gasteiger partial charge in [0.25, 0.3) is 0 Å². The van der Waals surface area contributed by atoms with Gasteiger partial charge in [0.1, 0.15) is 18.2 Å². The minimum absolute atomic E-state index is 0.201. The maximum Gasteiger partial charge on any atom is 0.126 e. The molecule has 0 aromatic heterocycles. The van der Waals surface area contributed by atoms with Gasteiger partial charge in [-0.15, -0.1) is 0 Å². The van der Waals surface area contributed by atoms with Crippen LogP contribution in [0.4, 0.5) is 4.39 Å². The van der Waals surface area contributed by atoms with Gasteiger partial charge in [-0.2, -0.15) is 0 Å². The Morgan fingerprint density at radius 2 is 1.76 bits per heavy atom. The van der Waals surface area contributed by atoms with Crippen LogP contribution in [0, 0.1) is 19.7 Å². The first-order valence-electron chi connectivity index (χ1n) is 5.60. The summed E-state index contributed by atoms with van der Waals surface area (Å²) in [7, 11) is 0. The Hall–Kier alpha value is -1.83. The van der Waals surface area contributed by atoms with E-state index in [1.54, 1.807) is 19.1 Å². The van der Waals surface area contributed by atoms with Gasteiger partial charge in [0.05, 0.1) is 0 Å². The van der Waals surface area contributed by atoms with Crippen LogP contribution in [-0.2, 0) is 6.61 Å². The molecule has 0 saturated heterocycles. The van der Waals surface area contributed by atoms with Crippen LogP contribution in [0.2, 0.25) is 0 Å². The zero-order valence-electron chi connectivity index (χ0n) is 10.0. The minimum atomic E-state index is -0.201. The van der Waals surface area contributed by atoms with Crippen molar-refractivity contribution in [3.63, 3.8) is 0 Å². The first kappa shape index (κ1) is 11.6. The normalized spacial score (nSPS) is 10.3. The Labute approximate surface area is 101 Å². The van der Waals surface area contributed by atoms with Gasteiger partial charge in [-0.1, -0.05) is 24.3 Å². The summed E-state index contributed by atoms with van der Waals surface area (Å²) in [6, 6.07) is 12.9. The Bertz CT molecular complexity index is 520. The van der Waals surface area contributed by atoms with Gasteiger partial charge in [0, 0.05) is 0 Å². The molecule has 1 nitrogen and oxygen atoms in total. The van der Waals surface area contributed by atoms with Crippen molar-refractivity contribution >= 4 is 0 Å². The summed E-state index contributed by atoms with van der Waals surface area (Å²) in [5.74, 6) is 0.500. The van der Waals surface area contributed by atoms with Crippen molar-refractivity contribution in [1.82, 2.24) is 0 Å². The highest BCUT2D eigenvalue weighted by molar-refractivity contribution is 5.30. The molecule has 2 rings (SSSR count). The molecule has 2 aromatic rings. The molecular formula is C15H15FO. The lowest BCUT2D eigenvalue weighted by Gasteiger charge is -2.09. The second kappa shape index (κ2) is 5.00. The smallest absolute Gasteiger partial charge is 0.126 e. The third-order valence-electron chi connectivity index (χ3n) is 2.79. The van der Waals surface area contributed by atoms with E-state index in [0.717, 1.165) is 5.56 Å². The third kappa shape index (κ3) is 2.84. The predicted molar refractivity (Wildman–Crippen MR) is 66.6 cm³/mol. The molecular weight excluding hydrogens is 215 g/mol. The number of hydrogen-bond acceptors (Lipinski definition) is 1. The molecule has 0 unspecified atom stereocenters. The largest absolute Gasteiger partial charge is 0.489 e. The molecule has 0 bridgehead atoms. The van der Waals surface area contributed by atoms with E-state index < -0.39 is 0 Å². The number of benzene rings is 2. The molecule has 0 aliphatic rings. The zero-order valence-corrected chi connectivity index (χ0v) is 10.0. The fourth-order valence-corrected chi connectivity index (χ4v) is 1.64. The lowest BCUT2D eigenvalue weighted by molar-refractivity contribution is 0.304. The van der Waals surface area contributed by atoms with Gasteiger partial charge in [0.2, 0.25) is 0 Å². The number of rotatable bonds is 3. The van der Waals surface area contributed by atoms with Crippen LogP contribution in [0.3, 0.4) is 0 Å². The van der Waals surface area contributed by atoms with E-state index in [4.69, 9.17) is 4.74 Å². The fraction of sp³-hybridized carbons (Fsp3) is 0.200. The summed E-state index contributed by atoms with van der Waals surface area (Å²) >= 11 is 0. The first-order valence-corrected chi connectivity index (χ1v) is 5.60. The summed E-state index contributed by atoms with van der Waals surface area (Å²) in [6.07, 6.45) is 0. The van der Waals surface area contributed by atoms with Crippen molar-refractivity contribution in [2.24, 2.45) is 0 Å². The molecule has 17 heavy (non-hydrogen) atoms. The molecule has 0 saturated carbocycles. The molecule has 0 aliphatic heterocycles. The summed E-state index contributed by atoms with van der Waals surface area (Å²) in [4.78, 5) is 0. The lowest BCUT2D eigenvalue weighted by Crippen LogP contribution is -1.98. The molecule has 0 heterocycles. The summed E-state index contributed by atoms with van der Waals surface area (Å²) in [6.45, 7) is 4.29. The molecule has 0 fully saturated rings. The molecule has 0 aliphatic carbocycles. The number of hydrogen-bond donors (Lipinski definition) is 0. The van der Waals surface area contributed by atoms with Crippen molar-refractivity contribution in [2.45, 2.75) is 20.5 Å². The monoisotopic (exact) mass is 230 g/mol. The van der Waals surface area contributed by atoms with Crippen LogP contribution >= 0.6 is 0 Å². The Kier molecular flexibility index (Phi) is 3.43. The zero-order chi connectivity index (χ0) is 12.3. The van der Waals surface area contributed by atoms with Crippen LogP contribution in [0.5, 0.6) is 5.75 Å². The topological polar surface area (TPSA) is 9.23 Å². The van der Waals surface area contributed by atoms with Crippen LogP contribution in [-0.4, -0.2) is 0 Å². The average molecular weight is 230 g/mol. The van der Waals surface area contributed by atoms with Gasteiger partial charge < -0.3 is 4.74 Å². The number of aryl methyl sites for hydroxylation is 2. The van der Waals surface area contributed by atoms with Gasteiger partial charge in [-0.05, 0) is 48.7 Å². The number of halogens is 1. The molecule has 2 aromatic carbocycles. The molecule has 0 spiro atoms. The van der Waals surface area contributed by atoms with E-state index >= 15 is 0 Å². The van der Waals surface area contributed by atoms with E-state index in [1.807, 2.05) is 18.2 Å². The van der Waals surface area contributed by atoms with Crippen molar-refractivity contribution in [2.75, 3.05) is 0 Å². The SMILES string of the molecule is Cc1cc(OCc2ccccc2C)ccc1F. The van der Waals surface area contributed by atoms with Crippen LogP contribution in [0.25, 0.3) is 0 Å². The van der Waals surface area contributed by atoms with Gasteiger partial charge in [-0.3, -0.25) is 0 Å². The Morgan fingerprint density at radius 1 is 1.00 bits per heavy atom. The van der Waals surface area contributed by atoms with Gasteiger partial charge >= 0.3 is 0 Å². The quantitative estimate of drug-likeness (QED) is 0.773. The van der Waals surface area contributed by atoms with Crippen LogP contribution in [0.15, 0.2) is 42.5 Å². The fourth-order valence-electron chi connectivity index (χ4n) is 1.64. The van der Waals surface area contributed by atoms with Crippen molar-refractivity contribution in [1.29, 1.82) is 0 Å². The average Bonchev–Trinajstić information content (AvgIpc) is 2.32. The van der Waals surface area contributed by atoms with E-state index in [9.17, 15) is 4.39 Å². The van der Waals surface area contributed by atoms with Gasteiger partial charge in [-0.25, -0.2) is 4.39 Å². The van der Waals surface area contributed by atoms with Crippen LogP contribution < -0.4 is 4.74 Å². The summed E-state index contributed by atoms with van der Waals surface area (Å²) < 4.78 is 18.7. The Morgan fingerprint density at radius 3 is 2.47 bits per heavy atom. The molecule has 0 atom stereocenters. The van der Waals surface area contributed by atoms with E-state index in [1.165, 1.54) is 11.6 Å². The molecule has 0 N–H and O–H groups in total. The second-order valence-electron chi connectivity index (χ2n) is 4.13. The maximum atomic E-state index is 13.1. The van der Waals surface area contributed by atoms with Gasteiger partial charge in [0.15, 0.2) is 0 Å². The van der Waals surface area contributed by atoms with E-state index in [0.29, 0.717) is 17.9 Å².